The minimum atomic E-state index is -0.748. The van der Waals surface area contributed by atoms with Gasteiger partial charge in [-0.15, -0.1) is 5.73 Å². The molecular weight excluding hydrogens is 136 g/mol. The lowest BCUT2D eigenvalue weighted by atomic mass is 9.80. The van der Waals surface area contributed by atoms with Gasteiger partial charge in [-0.05, 0) is 17.9 Å². The Kier molecular flexibility index (Phi) is 3.57. The van der Waals surface area contributed by atoms with Crippen LogP contribution in [0, 0.1) is 11.8 Å². The molecule has 0 aromatic rings. The Bertz CT molecular complexity index is 154. The van der Waals surface area contributed by atoms with E-state index in [2.05, 4.69) is 12.3 Å². The SMILES string of the molecule is C=C=CC(O)(C(C)C)C(C)C. The Labute approximate surface area is 69.4 Å². The van der Waals surface area contributed by atoms with Gasteiger partial charge in [0.15, 0.2) is 0 Å². The Morgan fingerprint density at radius 3 is 1.73 bits per heavy atom. The van der Waals surface area contributed by atoms with Crippen LogP contribution in [-0.4, -0.2) is 10.7 Å². The molecule has 0 aliphatic carbocycles. The van der Waals surface area contributed by atoms with Crippen molar-refractivity contribution in [1.82, 2.24) is 0 Å². The van der Waals surface area contributed by atoms with Crippen LogP contribution in [-0.2, 0) is 0 Å². The zero-order chi connectivity index (χ0) is 9.07. The molecule has 0 radical (unpaired) electrons. The number of rotatable bonds is 3. The maximum absolute atomic E-state index is 10.0. The Hall–Kier alpha value is -0.520. The minimum absolute atomic E-state index is 0.205. The van der Waals surface area contributed by atoms with Crippen LogP contribution in [0.2, 0.25) is 0 Å². The van der Waals surface area contributed by atoms with Gasteiger partial charge in [-0.3, -0.25) is 0 Å². The molecule has 0 aliphatic rings. The molecule has 0 heterocycles. The van der Waals surface area contributed by atoms with Crippen molar-refractivity contribution in [3.63, 3.8) is 0 Å². The van der Waals surface area contributed by atoms with Gasteiger partial charge in [0.25, 0.3) is 0 Å². The van der Waals surface area contributed by atoms with Crippen molar-refractivity contribution in [1.29, 1.82) is 0 Å². The first-order valence-corrected chi connectivity index (χ1v) is 4.04. The van der Waals surface area contributed by atoms with Gasteiger partial charge in [0.05, 0.1) is 5.60 Å². The van der Waals surface area contributed by atoms with Crippen LogP contribution in [0.25, 0.3) is 0 Å². The Morgan fingerprint density at radius 2 is 1.64 bits per heavy atom. The van der Waals surface area contributed by atoms with Crippen LogP contribution in [0.5, 0.6) is 0 Å². The fourth-order valence-corrected chi connectivity index (χ4v) is 1.16. The fraction of sp³-hybridized carbons (Fsp3) is 0.700. The Balaban J connectivity index is 4.66. The largest absolute Gasteiger partial charge is 0.385 e. The van der Waals surface area contributed by atoms with Crippen LogP contribution < -0.4 is 0 Å². The molecule has 64 valence electrons. The molecule has 0 amide bonds. The number of hydrogen-bond acceptors (Lipinski definition) is 1. The molecule has 0 fully saturated rings. The van der Waals surface area contributed by atoms with Crippen LogP contribution in [0.3, 0.4) is 0 Å². The summed E-state index contributed by atoms with van der Waals surface area (Å²) >= 11 is 0. The summed E-state index contributed by atoms with van der Waals surface area (Å²) in [5.41, 5.74) is 1.90. The normalized spacial score (nSPS) is 11.9. The third-order valence-corrected chi connectivity index (χ3v) is 2.18. The van der Waals surface area contributed by atoms with Gasteiger partial charge in [0, 0.05) is 0 Å². The van der Waals surface area contributed by atoms with Gasteiger partial charge in [-0.1, -0.05) is 34.3 Å². The standard InChI is InChI=1S/C10H18O/c1-6-7-10(11,8(2)3)9(4)5/h7-9,11H,1H2,2-5H3. The summed E-state index contributed by atoms with van der Waals surface area (Å²) in [6.07, 6.45) is 1.66. The molecule has 0 aromatic heterocycles. The molecule has 0 atom stereocenters. The predicted octanol–water partition coefficient (Wildman–Crippen LogP) is 2.37. The lowest BCUT2D eigenvalue weighted by Crippen LogP contribution is -2.38. The topological polar surface area (TPSA) is 20.2 Å². The summed E-state index contributed by atoms with van der Waals surface area (Å²) in [5.74, 6) is 0.411. The van der Waals surface area contributed by atoms with Crippen molar-refractivity contribution in [2.75, 3.05) is 0 Å². The lowest BCUT2D eigenvalue weighted by Gasteiger charge is -2.32. The van der Waals surface area contributed by atoms with E-state index >= 15 is 0 Å². The molecule has 0 aliphatic heterocycles. The van der Waals surface area contributed by atoms with Crippen molar-refractivity contribution < 1.29 is 5.11 Å². The van der Waals surface area contributed by atoms with Gasteiger partial charge >= 0.3 is 0 Å². The van der Waals surface area contributed by atoms with Crippen LogP contribution in [0.15, 0.2) is 18.4 Å². The lowest BCUT2D eigenvalue weighted by molar-refractivity contribution is -0.000131. The third-order valence-electron chi connectivity index (χ3n) is 2.18. The van der Waals surface area contributed by atoms with Crippen LogP contribution in [0.4, 0.5) is 0 Å². The molecule has 0 saturated heterocycles. The van der Waals surface area contributed by atoms with Crippen molar-refractivity contribution in [3.05, 3.63) is 18.4 Å². The molecule has 0 rings (SSSR count). The van der Waals surface area contributed by atoms with E-state index in [0.717, 1.165) is 0 Å². The highest BCUT2D eigenvalue weighted by Gasteiger charge is 2.31. The summed E-state index contributed by atoms with van der Waals surface area (Å²) in [6.45, 7) is 11.4. The highest BCUT2D eigenvalue weighted by atomic mass is 16.3. The monoisotopic (exact) mass is 154 g/mol. The molecule has 0 spiro atoms. The van der Waals surface area contributed by atoms with E-state index in [1.54, 1.807) is 6.08 Å². The minimum Gasteiger partial charge on any atom is -0.385 e. The average molecular weight is 154 g/mol. The highest BCUT2D eigenvalue weighted by molar-refractivity contribution is 5.02. The molecule has 0 unspecified atom stereocenters. The quantitative estimate of drug-likeness (QED) is 0.619. The van der Waals surface area contributed by atoms with Gasteiger partial charge in [0.2, 0.25) is 0 Å². The van der Waals surface area contributed by atoms with E-state index in [0.29, 0.717) is 0 Å². The molecule has 1 N–H and O–H groups in total. The van der Waals surface area contributed by atoms with E-state index in [1.807, 2.05) is 27.7 Å². The smallest absolute Gasteiger partial charge is 0.0946 e. The molecule has 1 heteroatoms. The van der Waals surface area contributed by atoms with Gasteiger partial charge in [-0.25, -0.2) is 0 Å². The van der Waals surface area contributed by atoms with Gasteiger partial charge in [0.1, 0.15) is 0 Å². The van der Waals surface area contributed by atoms with E-state index in [4.69, 9.17) is 0 Å². The average Bonchev–Trinajstić information content (AvgIpc) is 1.87. The van der Waals surface area contributed by atoms with E-state index in [9.17, 15) is 5.11 Å². The number of aliphatic hydroxyl groups is 1. The van der Waals surface area contributed by atoms with Crippen LogP contribution >= 0.6 is 0 Å². The molecular formula is C10H18O. The van der Waals surface area contributed by atoms with Crippen molar-refractivity contribution >= 4 is 0 Å². The maximum Gasteiger partial charge on any atom is 0.0946 e. The summed E-state index contributed by atoms with van der Waals surface area (Å²) in [7, 11) is 0. The summed E-state index contributed by atoms with van der Waals surface area (Å²) < 4.78 is 0. The fourth-order valence-electron chi connectivity index (χ4n) is 1.16. The van der Waals surface area contributed by atoms with Crippen LogP contribution in [0.1, 0.15) is 27.7 Å². The van der Waals surface area contributed by atoms with Gasteiger partial charge in [-0.2, -0.15) is 0 Å². The first-order valence-electron chi connectivity index (χ1n) is 4.04. The second-order valence-electron chi connectivity index (χ2n) is 3.55. The molecule has 11 heavy (non-hydrogen) atoms. The number of hydrogen-bond donors (Lipinski definition) is 1. The Morgan fingerprint density at radius 1 is 1.27 bits per heavy atom. The summed E-state index contributed by atoms with van der Waals surface area (Å²) in [6, 6.07) is 0. The zero-order valence-corrected chi connectivity index (χ0v) is 7.89. The summed E-state index contributed by atoms with van der Waals surface area (Å²) in [4.78, 5) is 0. The summed E-state index contributed by atoms with van der Waals surface area (Å²) in [5, 5.41) is 10.0. The van der Waals surface area contributed by atoms with Crippen molar-refractivity contribution in [2.24, 2.45) is 11.8 Å². The van der Waals surface area contributed by atoms with E-state index in [1.165, 1.54) is 0 Å². The van der Waals surface area contributed by atoms with E-state index < -0.39 is 5.60 Å². The molecule has 0 aromatic carbocycles. The predicted molar refractivity (Wildman–Crippen MR) is 48.3 cm³/mol. The van der Waals surface area contributed by atoms with Crippen molar-refractivity contribution in [3.8, 4) is 0 Å². The molecule has 1 nitrogen and oxygen atoms in total. The van der Waals surface area contributed by atoms with Gasteiger partial charge < -0.3 is 5.11 Å². The first kappa shape index (κ1) is 10.5. The zero-order valence-electron chi connectivity index (χ0n) is 7.89. The third kappa shape index (κ3) is 2.21. The highest BCUT2D eigenvalue weighted by Crippen LogP contribution is 2.26. The first-order chi connectivity index (χ1) is 4.95. The second-order valence-corrected chi connectivity index (χ2v) is 3.55. The molecule has 0 saturated carbocycles. The van der Waals surface area contributed by atoms with Crippen molar-refractivity contribution in [2.45, 2.75) is 33.3 Å². The van der Waals surface area contributed by atoms with E-state index in [-0.39, 0.29) is 11.8 Å². The second kappa shape index (κ2) is 3.75. The molecule has 0 bridgehead atoms. The maximum atomic E-state index is 10.0.